The SMILES string of the molecule is C=C1C[C@H]2C(=CC1=O)[C@@H](C)C[C@@H]1[C@@H]2CC[C@]2(C)[C@@H](C(C)=O)CC[C@@H]12. The lowest BCUT2D eigenvalue weighted by atomic mass is 9.49. The van der Waals surface area contributed by atoms with Crippen molar-refractivity contribution in [2.75, 3.05) is 0 Å². The van der Waals surface area contributed by atoms with Gasteiger partial charge in [0.05, 0.1) is 0 Å². The smallest absolute Gasteiger partial charge is 0.181 e. The lowest BCUT2D eigenvalue weighted by Gasteiger charge is -2.55. The van der Waals surface area contributed by atoms with Gasteiger partial charge in [0.2, 0.25) is 0 Å². The van der Waals surface area contributed by atoms with Crippen molar-refractivity contribution in [1.29, 1.82) is 0 Å². The monoisotopic (exact) mass is 326 g/mol. The van der Waals surface area contributed by atoms with Crippen LogP contribution in [-0.2, 0) is 9.59 Å². The van der Waals surface area contributed by atoms with E-state index in [0.717, 1.165) is 24.3 Å². The minimum atomic E-state index is 0.157. The van der Waals surface area contributed by atoms with Crippen LogP contribution in [0.2, 0.25) is 0 Å². The van der Waals surface area contributed by atoms with Gasteiger partial charge in [-0.2, -0.15) is 0 Å². The summed E-state index contributed by atoms with van der Waals surface area (Å²) in [7, 11) is 0. The van der Waals surface area contributed by atoms with Crippen molar-refractivity contribution < 1.29 is 9.59 Å². The van der Waals surface area contributed by atoms with Crippen molar-refractivity contribution in [3.63, 3.8) is 0 Å². The van der Waals surface area contributed by atoms with Crippen LogP contribution >= 0.6 is 0 Å². The Kier molecular flexibility index (Phi) is 3.67. The van der Waals surface area contributed by atoms with Gasteiger partial charge in [-0.05, 0) is 92.1 Å². The lowest BCUT2D eigenvalue weighted by molar-refractivity contribution is -0.127. The van der Waals surface area contributed by atoms with Gasteiger partial charge in [0.1, 0.15) is 5.78 Å². The second-order valence-corrected chi connectivity index (χ2v) is 9.28. The molecular weight excluding hydrogens is 296 g/mol. The number of hydrogen-bond donors (Lipinski definition) is 0. The van der Waals surface area contributed by atoms with E-state index in [4.69, 9.17) is 0 Å². The van der Waals surface area contributed by atoms with Crippen LogP contribution < -0.4 is 0 Å². The molecule has 0 radical (unpaired) electrons. The third kappa shape index (κ3) is 2.14. The highest BCUT2D eigenvalue weighted by atomic mass is 16.1. The van der Waals surface area contributed by atoms with Gasteiger partial charge in [0.25, 0.3) is 0 Å². The van der Waals surface area contributed by atoms with Gasteiger partial charge in [0.15, 0.2) is 5.78 Å². The van der Waals surface area contributed by atoms with E-state index >= 15 is 0 Å². The molecule has 3 saturated carbocycles. The van der Waals surface area contributed by atoms with Gasteiger partial charge in [-0.15, -0.1) is 0 Å². The van der Waals surface area contributed by atoms with Gasteiger partial charge < -0.3 is 0 Å². The molecule has 0 N–H and O–H groups in total. The Balaban J connectivity index is 1.67. The summed E-state index contributed by atoms with van der Waals surface area (Å²) >= 11 is 0. The molecule has 0 aromatic carbocycles. The average molecular weight is 326 g/mol. The van der Waals surface area contributed by atoms with Crippen LogP contribution in [0.25, 0.3) is 0 Å². The van der Waals surface area contributed by atoms with Gasteiger partial charge >= 0.3 is 0 Å². The Bertz CT molecular complexity index is 642. The minimum absolute atomic E-state index is 0.157. The lowest BCUT2D eigenvalue weighted by Crippen LogP contribution is -2.48. The summed E-state index contributed by atoms with van der Waals surface area (Å²) in [5, 5.41) is 0. The van der Waals surface area contributed by atoms with E-state index in [0.29, 0.717) is 29.5 Å². The molecule has 7 atom stereocenters. The zero-order chi connectivity index (χ0) is 17.2. The van der Waals surface area contributed by atoms with E-state index in [9.17, 15) is 9.59 Å². The van der Waals surface area contributed by atoms with Crippen molar-refractivity contribution in [3.05, 3.63) is 23.8 Å². The fourth-order valence-corrected chi connectivity index (χ4v) is 7.12. The van der Waals surface area contributed by atoms with E-state index in [1.165, 1.54) is 31.3 Å². The van der Waals surface area contributed by atoms with Gasteiger partial charge in [-0.3, -0.25) is 9.59 Å². The number of carbonyl (C=O) groups is 2. The minimum Gasteiger partial charge on any atom is -0.300 e. The Morgan fingerprint density at radius 2 is 2.00 bits per heavy atom. The van der Waals surface area contributed by atoms with Crippen LogP contribution in [0.4, 0.5) is 0 Å². The number of Topliss-reactive ketones (excluding diaryl/α,β-unsaturated/α-hetero) is 1. The normalized spacial score (nSPS) is 47.5. The molecule has 4 rings (SSSR count). The van der Waals surface area contributed by atoms with Crippen molar-refractivity contribution in [2.24, 2.45) is 40.9 Å². The highest BCUT2D eigenvalue weighted by Crippen LogP contribution is 2.64. The van der Waals surface area contributed by atoms with Gasteiger partial charge in [-0.1, -0.05) is 26.0 Å². The Morgan fingerprint density at radius 1 is 1.25 bits per heavy atom. The molecule has 0 bridgehead atoms. The van der Waals surface area contributed by atoms with E-state index in [-0.39, 0.29) is 17.1 Å². The predicted octanol–water partition coefficient (Wildman–Crippen LogP) is 4.75. The first kappa shape index (κ1) is 16.3. The van der Waals surface area contributed by atoms with E-state index in [1.54, 1.807) is 6.92 Å². The molecule has 0 aromatic rings. The van der Waals surface area contributed by atoms with E-state index < -0.39 is 0 Å². The number of hydrogen-bond acceptors (Lipinski definition) is 2. The predicted molar refractivity (Wildman–Crippen MR) is 95.3 cm³/mol. The molecule has 3 fully saturated rings. The molecule has 24 heavy (non-hydrogen) atoms. The summed E-state index contributed by atoms with van der Waals surface area (Å²) < 4.78 is 0. The van der Waals surface area contributed by atoms with Gasteiger partial charge in [0, 0.05) is 5.92 Å². The molecular formula is C22H30O2. The molecule has 0 aromatic heterocycles. The van der Waals surface area contributed by atoms with Gasteiger partial charge in [-0.25, -0.2) is 0 Å². The molecule has 130 valence electrons. The third-order valence-electron chi connectivity index (χ3n) is 8.24. The summed E-state index contributed by atoms with van der Waals surface area (Å²) in [6.45, 7) is 10.5. The highest BCUT2D eigenvalue weighted by Gasteiger charge is 2.58. The maximum Gasteiger partial charge on any atom is 0.181 e. The van der Waals surface area contributed by atoms with Crippen LogP contribution in [-0.4, -0.2) is 11.6 Å². The molecule has 0 aliphatic heterocycles. The number of rotatable bonds is 1. The van der Waals surface area contributed by atoms with Crippen molar-refractivity contribution >= 4 is 11.6 Å². The topological polar surface area (TPSA) is 34.1 Å². The molecule has 0 heterocycles. The number of fused-ring (bicyclic) bond motifs is 5. The molecule has 4 aliphatic rings. The fraction of sp³-hybridized carbons (Fsp3) is 0.727. The molecule has 0 spiro atoms. The Morgan fingerprint density at radius 3 is 2.71 bits per heavy atom. The second kappa shape index (κ2) is 5.41. The Labute approximate surface area is 145 Å². The second-order valence-electron chi connectivity index (χ2n) is 9.28. The van der Waals surface area contributed by atoms with Crippen LogP contribution in [0.15, 0.2) is 23.8 Å². The zero-order valence-electron chi connectivity index (χ0n) is 15.3. The average Bonchev–Trinajstić information content (AvgIpc) is 2.87. The fourth-order valence-electron chi connectivity index (χ4n) is 7.12. The molecule has 0 unspecified atom stereocenters. The van der Waals surface area contributed by atoms with Crippen molar-refractivity contribution in [2.45, 2.75) is 59.3 Å². The van der Waals surface area contributed by atoms with Crippen molar-refractivity contribution in [3.8, 4) is 0 Å². The summed E-state index contributed by atoms with van der Waals surface area (Å²) in [5.41, 5.74) is 2.42. The first-order valence-corrected chi connectivity index (χ1v) is 9.77. The first-order chi connectivity index (χ1) is 11.3. The van der Waals surface area contributed by atoms with Crippen LogP contribution in [0.5, 0.6) is 0 Å². The third-order valence-corrected chi connectivity index (χ3v) is 8.24. The summed E-state index contributed by atoms with van der Waals surface area (Å²) in [6.07, 6.45) is 8.71. The van der Waals surface area contributed by atoms with Crippen molar-refractivity contribution in [1.82, 2.24) is 0 Å². The van der Waals surface area contributed by atoms with E-state index in [1.807, 2.05) is 6.08 Å². The largest absolute Gasteiger partial charge is 0.300 e. The maximum absolute atomic E-state index is 12.2. The molecule has 0 amide bonds. The molecule has 2 nitrogen and oxygen atoms in total. The molecule has 0 saturated heterocycles. The molecule has 2 heteroatoms. The Hall–Kier alpha value is -1.18. The number of ketones is 2. The standard InChI is InChI=1S/C22H30O2/c1-12-9-18-15(17-10-13(2)21(24)11-16(12)17)7-8-22(4)19(14(3)23)5-6-20(18)22/h11-12,15,17-20H,2,5-10H2,1,3-4H3/t12-,15+,17+,18+,19+,20-,22+/m0/s1. The maximum atomic E-state index is 12.2. The molecule has 4 aliphatic carbocycles. The van der Waals surface area contributed by atoms with Crippen LogP contribution in [0.1, 0.15) is 59.3 Å². The summed E-state index contributed by atoms with van der Waals surface area (Å²) in [6, 6.07) is 0. The summed E-state index contributed by atoms with van der Waals surface area (Å²) in [5.74, 6) is 3.99. The van der Waals surface area contributed by atoms with Crippen LogP contribution in [0.3, 0.4) is 0 Å². The highest BCUT2D eigenvalue weighted by molar-refractivity contribution is 6.05. The quantitative estimate of drug-likeness (QED) is 0.652. The number of carbonyl (C=O) groups excluding carboxylic acids is 2. The summed E-state index contributed by atoms with van der Waals surface area (Å²) in [4.78, 5) is 24.3. The zero-order valence-corrected chi connectivity index (χ0v) is 15.3. The number of allylic oxidation sites excluding steroid dienone is 2. The van der Waals surface area contributed by atoms with E-state index in [2.05, 4.69) is 20.4 Å². The first-order valence-electron chi connectivity index (χ1n) is 9.77. The van der Waals surface area contributed by atoms with Crippen LogP contribution in [0, 0.1) is 40.9 Å².